The van der Waals surface area contributed by atoms with Gasteiger partial charge in [0, 0.05) is 13.0 Å². The van der Waals surface area contributed by atoms with Crippen molar-refractivity contribution >= 4 is 35.5 Å². The van der Waals surface area contributed by atoms with Gasteiger partial charge in [0.15, 0.2) is 5.96 Å². The molecule has 258 valence electrons. The summed E-state index contributed by atoms with van der Waals surface area (Å²) in [4.78, 5) is 69.2. The van der Waals surface area contributed by atoms with Crippen molar-refractivity contribution in [2.75, 3.05) is 6.54 Å². The van der Waals surface area contributed by atoms with Gasteiger partial charge in [0.05, 0.1) is 6.10 Å². The van der Waals surface area contributed by atoms with E-state index in [0.29, 0.717) is 6.42 Å². The Morgan fingerprint density at radius 1 is 0.717 bits per heavy atom. The smallest absolute Gasteiger partial charge is 0.243 e. The molecule has 0 aliphatic rings. The minimum absolute atomic E-state index is 0.0216. The summed E-state index contributed by atoms with van der Waals surface area (Å²) in [5.74, 6) is -3.50. The second kappa shape index (κ2) is 20.0. The summed E-state index contributed by atoms with van der Waals surface area (Å²) in [6.07, 6.45) is -0.0454. The zero-order chi connectivity index (χ0) is 35.0. The Kier molecular flexibility index (Phi) is 17.3. The maximum Gasteiger partial charge on any atom is 0.243 e. The van der Waals surface area contributed by atoms with Gasteiger partial charge in [-0.1, -0.05) is 58.0 Å². The second-order valence-electron chi connectivity index (χ2n) is 12.3. The second-order valence-corrected chi connectivity index (χ2v) is 12.3. The monoisotopic (exact) mass is 647 g/mol. The Morgan fingerprint density at radius 2 is 1.17 bits per heavy atom. The highest BCUT2D eigenvalue weighted by atomic mass is 16.3. The zero-order valence-corrected chi connectivity index (χ0v) is 27.5. The fourth-order valence-electron chi connectivity index (χ4n) is 4.56. The highest BCUT2D eigenvalue weighted by molar-refractivity contribution is 5.96. The van der Waals surface area contributed by atoms with Gasteiger partial charge in [-0.15, -0.1) is 0 Å². The molecule has 0 aliphatic carbocycles. The summed E-state index contributed by atoms with van der Waals surface area (Å²) in [5, 5.41) is 20.5. The molecule has 13 N–H and O–H groups in total. The number of aliphatic imine (C=N–C) groups is 1. The van der Waals surface area contributed by atoms with Gasteiger partial charge < -0.3 is 49.3 Å². The average Bonchev–Trinajstić information content (AvgIpc) is 2.96. The van der Waals surface area contributed by atoms with Gasteiger partial charge in [-0.25, -0.2) is 0 Å². The Labute approximate surface area is 271 Å². The topological polar surface area (TPSA) is 270 Å². The predicted octanol–water partition coefficient (Wildman–Crippen LogP) is -1.49. The van der Waals surface area contributed by atoms with Crippen LogP contribution in [0.25, 0.3) is 0 Å². The number of carbonyl (C=O) groups is 5. The van der Waals surface area contributed by atoms with Crippen molar-refractivity contribution in [1.29, 1.82) is 0 Å². The molecule has 0 unspecified atom stereocenters. The normalized spacial score (nSPS) is 15.1. The summed E-state index contributed by atoms with van der Waals surface area (Å²) in [7, 11) is 0. The number of nitrogens with one attached hydrogen (secondary N) is 4. The van der Waals surface area contributed by atoms with Crippen molar-refractivity contribution in [3.63, 3.8) is 0 Å². The van der Waals surface area contributed by atoms with Crippen molar-refractivity contribution in [3.8, 4) is 0 Å². The Hall–Kier alpha value is -4.24. The van der Waals surface area contributed by atoms with E-state index in [1.165, 1.54) is 6.92 Å². The first kappa shape index (κ1) is 39.8. The molecule has 0 aliphatic heterocycles. The Morgan fingerprint density at radius 3 is 1.61 bits per heavy atom. The van der Waals surface area contributed by atoms with Crippen molar-refractivity contribution < 1.29 is 29.1 Å². The van der Waals surface area contributed by atoms with Crippen LogP contribution in [0.1, 0.15) is 65.9 Å². The predicted molar refractivity (Wildman–Crippen MR) is 176 cm³/mol. The molecule has 0 saturated carbocycles. The molecule has 0 radical (unpaired) electrons. The highest BCUT2D eigenvalue weighted by Gasteiger charge is 2.32. The van der Waals surface area contributed by atoms with Crippen LogP contribution in [0.3, 0.4) is 0 Å². The number of rotatable bonds is 20. The lowest BCUT2D eigenvalue weighted by Gasteiger charge is -2.28. The van der Waals surface area contributed by atoms with Crippen LogP contribution >= 0.6 is 0 Å². The van der Waals surface area contributed by atoms with Crippen LogP contribution < -0.4 is 44.2 Å². The number of aliphatic hydroxyl groups excluding tert-OH is 1. The van der Waals surface area contributed by atoms with E-state index >= 15 is 0 Å². The number of hydrogen-bond donors (Lipinski definition) is 9. The molecule has 6 atom stereocenters. The number of nitrogens with two attached hydrogens (primary N) is 4. The lowest BCUT2D eigenvalue weighted by Crippen LogP contribution is -2.60. The zero-order valence-electron chi connectivity index (χ0n) is 27.5. The highest BCUT2D eigenvalue weighted by Crippen LogP contribution is 2.11. The summed E-state index contributed by atoms with van der Waals surface area (Å²) < 4.78 is 0. The van der Waals surface area contributed by atoms with E-state index in [4.69, 9.17) is 22.9 Å². The fourth-order valence-corrected chi connectivity index (χ4v) is 4.56. The van der Waals surface area contributed by atoms with E-state index in [1.54, 1.807) is 24.3 Å². The van der Waals surface area contributed by atoms with E-state index in [2.05, 4.69) is 26.3 Å². The van der Waals surface area contributed by atoms with Crippen molar-refractivity contribution in [2.24, 2.45) is 39.8 Å². The average molecular weight is 648 g/mol. The first-order chi connectivity index (χ1) is 21.5. The van der Waals surface area contributed by atoms with Gasteiger partial charge in [-0.05, 0) is 50.0 Å². The van der Waals surface area contributed by atoms with Crippen LogP contribution in [-0.2, 0) is 30.4 Å². The number of carbonyl (C=O) groups excluding carboxylic acids is 5. The van der Waals surface area contributed by atoms with E-state index < -0.39 is 65.8 Å². The van der Waals surface area contributed by atoms with E-state index in [-0.39, 0.29) is 50.0 Å². The minimum Gasteiger partial charge on any atom is -0.391 e. The van der Waals surface area contributed by atoms with Crippen LogP contribution in [0.2, 0.25) is 0 Å². The lowest BCUT2D eigenvalue weighted by atomic mass is 9.98. The number of guanidine groups is 1. The fraction of sp³-hybridized carbons (Fsp3) is 0.613. The standard InChI is InChI=1S/C31H53N9O6/c1-17(2)14-22(27(43)37-21(26(33)42)12-9-13-36-31(34)35)38-28(44)23(15-18(3)4)39-29(45)24(16-20-10-7-6-8-11-20)40-30(46)25(32)19(5)41/h6-8,10-11,17-19,21-25,41H,9,12-16,32H2,1-5H3,(H2,33,42)(H,37,43)(H,38,44)(H,39,45)(H,40,46)(H4,34,35,36)/t19-,21+,22+,23+,24-,25-/m1/s1. The van der Waals surface area contributed by atoms with Gasteiger partial charge in [0.1, 0.15) is 30.2 Å². The van der Waals surface area contributed by atoms with Gasteiger partial charge in [0.2, 0.25) is 29.5 Å². The Balaban J connectivity index is 3.18. The van der Waals surface area contributed by atoms with Crippen LogP contribution in [0.4, 0.5) is 0 Å². The molecule has 0 saturated heterocycles. The van der Waals surface area contributed by atoms with Gasteiger partial charge in [-0.3, -0.25) is 29.0 Å². The van der Waals surface area contributed by atoms with E-state index in [1.807, 2.05) is 33.8 Å². The molecule has 1 aromatic carbocycles. The number of amides is 5. The minimum atomic E-state index is -1.27. The third-order valence-electron chi connectivity index (χ3n) is 7.02. The van der Waals surface area contributed by atoms with Gasteiger partial charge in [0.25, 0.3) is 0 Å². The molecule has 15 heteroatoms. The van der Waals surface area contributed by atoms with E-state index in [9.17, 15) is 29.1 Å². The van der Waals surface area contributed by atoms with Gasteiger partial charge in [-0.2, -0.15) is 0 Å². The molecular weight excluding hydrogens is 594 g/mol. The molecular formula is C31H53N9O6. The van der Waals surface area contributed by atoms with Crippen LogP contribution in [-0.4, -0.2) is 83.5 Å². The first-order valence-electron chi connectivity index (χ1n) is 15.5. The Bertz CT molecular complexity index is 1170. The maximum atomic E-state index is 13.6. The number of hydrogen-bond acceptors (Lipinski definition) is 8. The summed E-state index contributed by atoms with van der Waals surface area (Å²) in [6, 6.07) is 3.44. The summed E-state index contributed by atoms with van der Waals surface area (Å²) in [6.45, 7) is 9.08. The molecule has 0 aromatic heterocycles. The van der Waals surface area contributed by atoms with Crippen molar-refractivity contribution in [3.05, 3.63) is 35.9 Å². The molecule has 1 rings (SSSR count). The van der Waals surface area contributed by atoms with Crippen molar-refractivity contribution in [1.82, 2.24) is 21.3 Å². The molecule has 15 nitrogen and oxygen atoms in total. The number of benzene rings is 1. The quantitative estimate of drug-likeness (QED) is 0.0452. The summed E-state index contributed by atoms with van der Waals surface area (Å²) in [5.41, 5.74) is 22.7. The molecule has 0 bridgehead atoms. The number of primary amides is 1. The molecule has 5 amide bonds. The molecule has 0 spiro atoms. The number of nitrogens with zero attached hydrogens (tertiary/aromatic N) is 1. The maximum absolute atomic E-state index is 13.6. The van der Waals surface area contributed by atoms with Crippen molar-refractivity contribution in [2.45, 2.75) is 103 Å². The third kappa shape index (κ3) is 15.2. The first-order valence-corrected chi connectivity index (χ1v) is 15.5. The van der Waals surface area contributed by atoms with Crippen LogP contribution in [0.5, 0.6) is 0 Å². The molecule has 0 heterocycles. The molecule has 46 heavy (non-hydrogen) atoms. The summed E-state index contributed by atoms with van der Waals surface area (Å²) >= 11 is 0. The number of aliphatic hydroxyl groups is 1. The van der Waals surface area contributed by atoms with Crippen LogP contribution in [0.15, 0.2) is 35.3 Å². The lowest BCUT2D eigenvalue weighted by molar-refractivity contribution is -0.135. The van der Waals surface area contributed by atoms with Crippen LogP contribution in [0, 0.1) is 11.8 Å². The largest absolute Gasteiger partial charge is 0.391 e. The molecule has 0 fully saturated rings. The molecule has 1 aromatic rings. The SMILES string of the molecule is CC(C)C[C@H](NC(=O)[C@H](CC(C)C)NC(=O)[C@@H](Cc1ccccc1)NC(=O)[C@H](N)[C@@H](C)O)C(=O)N[C@@H](CCCN=C(N)N)C(N)=O. The van der Waals surface area contributed by atoms with Gasteiger partial charge >= 0.3 is 0 Å². The van der Waals surface area contributed by atoms with E-state index in [0.717, 1.165) is 5.56 Å². The third-order valence-corrected chi connectivity index (χ3v) is 7.02.